The van der Waals surface area contributed by atoms with Crippen molar-refractivity contribution >= 4 is 23.3 Å². The number of ether oxygens (including phenoxy) is 1. The van der Waals surface area contributed by atoms with Gasteiger partial charge in [-0.2, -0.15) is 0 Å². The fourth-order valence-electron chi connectivity index (χ4n) is 4.41. The van der Waals surface area contributed by atoms with Crippen molar-refractivity contribution in [3.63, 3.8) is 0 Å². The number of benzene rings is 2. The highest BCUT2D eigenvalue weighted by molar-refractivity contribution is 7.80. The van der Waals surface area contributed by atoms with Crippen molar-refractivity contribution in [2.24, 2.45) is 5.92 Å². The van der Waals surface area contributed by atoms with Crippen molar-refractivity contribution in [2.75, 3.05) is 0 Å². The predicted molar refractivity (Wildman–Crippen MR) is 123 cm³/mol. The van der Waals surface area contributed by atoms with E-state index in [2.05, 4.69) is 20.8 Å². The van der Waals surface area contributed by atoms with Crippen LogP contribution < -0.4 is 0 Å². The molecule has 1 aliphatic heterocycles. The molecule has 0 bridgehead atoms. The lowest BCUT2D eigenvalue weighted by Gasteiger charge is -2.38. The van der Waals surface area contributed by atoms with Crippen LogP contribution in [0.3, 0.4) is 0 Å². The van der Waals surface area contributed by atoms with E-state index in [1.165, 1.54) is 0 Å². The van der Waals surface area contributed by atoms with Crippen LogP contribution in [0.25, 0.3) is 0 Å². The fourth-order valence-corrected chi connectivity index (χ4v) is 4.75. The quantitative estimate of drug-likeness (QED) is 0.602. The summed E-state index contributed by atoms with van der Waals surface area (Å²) in [7, 11) is 0. The molecular weight excluding hydrogens is 394 g/mol. The van der Waals surface area contributed by atoms with E-state index in [0.29, 0.717) is 6.42 Å². The van der Waals surface area contributed by atoms with Gasteiger partial charge in [0.2, 0.25) is 5.91 Å². The SMILES string of the molecule is CCCC[C@H](O)CC(=O)N1C(=S)OC(c2ccccc2)(c2ccccc2)[C@@H]1C(C)C. The van der Waals surface area contributed by atoms with Crippen molar-refractivity contribution in [2.45, 2.75) is 64.2 Å². The van der Waals surface area contributed by atoms with Gasteiger partial charge in [0.15, 0.2) is 5.60 Å². The van der Waals surface area contributed by atoms with Gasteiger partial charge in [-0.15, -0.1) is 0 Å². The number of amides is 1. The lowest BCUT2D eigenvalue weighted by atomic mass is 9.75. The molecule has 1 saturated heterocycles. The Morgan fingerprint density at radius 2 is 1.63 bits per heavy atom. The fraction of sp³-hybridized carbons (Fsp3) is 0.440. The number of aliphatic hydroxyl groups excluding tert-OH is 1. The second kappa shape index (κ2) is 9.71. The number of carbonyl (C=O) groups is 1. The van der Waals surface area contributed by atoms with Crippen LogP contribution in [0.5, 0.6) is 0 Å². The standard InChI is InChI=1S/C25H31NO3S/c1-4-5-16-21(27)17-22(28)26-23(18(2)3)25(29-24(26)30,19-12-8-6-9-13-19)20-14-10-7-11-15-20/h6-15,18,21,23,27H,4-5,16-17H2,1-3H3/t21-,23-/m0/s1. The van der Waals surface area contributed by atoms with E-state index in [9.17, 15) is 9.90 Å². The summed E-state index contributed by atoms with van der Waals surface area (Å²) < 4.78 is 6.45. The summed E-state index contributed by atoms with van der Waals surface area (Å²) >= 11 is 5.60. The maximum absolute atomic E-state index is 13.3. The Balaban J connectivity index is 2.06. The van der Waals surface area contributed by atoms with Crippen LogP contribution in [0.4, 0.5) is 0 Å². The lowest BCUT2D eigenvalue weighted by Crippen LogP contribution is -2.50. The van der Waals surface area contributed by atoms with Crippen LogP contribution >= 0.6 is 12.2 Å². The molecule has 1 heterocycles. The number of thiocarbonyl (C=S) groups is 1. The van der Waals surface area contributed by atoms with Crippen molar-refractivity contribution in [3.8, 4) is 0 Å². The molecule has 0 aromatic heterocycles. The van der Waals surface area contributed by atoms with Crippen LogP contribution in [0.1, 0.15) is 57.6 Å². The third-order valence-corrected chi connectivity index (χ3v) is 6.03. The van der Waals surface area contributed by atoms with Gasteiger partial charge >= 0.3 is 0 Å². The van der Waals surface area contributed by atoms with Gasteiger partial charge < -0.3 is 9.84 Å². The Morgan fingerprint density at radius 3 is 2.10 bits per heavy atom. The molecule has 2 atom stereocenters. The monoisotopic (exact) mass is 425 g/mol. The first-order valence-corrected chi connectivity index (χ1v) is 11.2. The maximum atomic E-state index is 13.3. The number of carbonyl (C=O) groups excluding carboxylic acids is 1. The molecule has 0 aliphatic carbocycles. The normalized spacial score (nSPS) is 19.0. The molecule has 0 saturated carbocycles. The van der Waals surface area contributed by atoms with Crippen LogP contribution in [-0.4, -0.2) is 33.2 Å². The molecule has 1 amide bonds. The van der Waals surface area contributed by atoms with Gasteiger partial charge in [-0.1, -0.05) is 94.3 Å². The van der Waals surface area contributed by atoms with Crippen molar-refractivity contribution < 1.29 is 14.6 Å². The maximum Gasteiger partial charge on any atom is 0.267 e. The summed E-state index contributed by atoms with van der Waals surface area (Å²) in [5, 5.41) is 10.5. The van der Waals surface area contributed by atoms with E-state index < -0.39 is 11.7 Å². The van der Waals surface area contributed by atoms with E-state index in [0.717, 1.165) is 24.0 Å². The zero-order valence-electron chi connectivity index (χ0n) is 18.0. The topological polar surface area (TPSA) is 49.8 Å². The van der Waals surface area contributed by atoms with Crippen LogP contribution in [-0.2, 0) is 15.1 Å². The van der Waals surface area contributed by atoms with Gasteiger partial charge in [0, 0.05) is 11.1 Å². The average Bonchev–Trinajstić information content (AvgIpc) is 3.08. The van der Waals surface area contributed by atoms with Crippen LogP contribution in [0.2, 0.25) is 0 Å². The molecule has 4 nitrogen and oxygen atoms in total. The molecule has 1 aliphatic rings. The van der Waals surface area contributed by atoms with E-state index in [4.69, 9.17) is 17.0 Å². The molecule has 5 heteroatoms. The summed E-state index contributed by atoms with van der Waals surface area (Å²) in [6.07, 6.45) is 1.86. The second-order valence-electron chi connectivity index (χ2n) is 8.29. The van der Waals surface area contributed by atoms with Gasteiger partial charge in [0.1, 0.15) is 0 Å². The third kappa shape index (κ3) is 4.28. The highest BCUT2D eigenvalue weighted by Crippen LogP contribution is 2.47. The molecule has 1 fully saturated rings. The van der Waals surface area contributed by atoms with Crippen LogP contribution in [0.15, 0.2) is 60.7 Å². The first kappa shape index (κ1) is 22.4. The summed E-state index contributed by atoms with van der Waals surface area (Å²) in [6.45, 7) is 6.23. The molecule has 160 valence electrons. The van der Waals surface area contributed by atoms with Crippen molar-refractivity contribution in [1.82, 2.24) is 4.90 Å². The van der Waals surface area contributed by atoms with Gasteiger partial charge in [-0.3, -0.25) is 9.69 Å². The molecule has 0 unspecified atom stereocenters. The number of hydrogen-bond donors (Lipinski definition) is 1. The van der Waals surface area contributed by atoms with Gasteiger partial charge in [-0.05, 0) is 24.6 Å². The van der Waals surface area contributed by atoms with Gasteiger partial charge in [0.05, 0.1) is 18.6 Å². The van der Waals surface area contributed by atoms with E-state index in [1.807, 2.05) is 60.7 Å². The molecule has 0 radical (unpaired) electrons. The largest absolute Gasteiger partial charge is 0.452 e. The minimum absolute atomic E-state index is 0.0480. The number of nitrogens with zero attached hydrogens (tertiary/aromatic N) is 1. The summed E-state index contributed by atoms with van der Waals surface area (Å²) in [6, 6.07) is 19.6. The number of aliphatic hydroxyl groups is 1. The highest BCUT2D eigenvalue weighted by atomic mass is 32.1. The molecule has 30 heavy (non-hydrogen) atoms. The molecular formula is C25H31NO3S. The second-order valence-corrected chi connectivity index (χ2v) is 8.64. The average molecular weight is 426 g/mol. The minimum atomic E-state index is -0.891. The smallest absolute Gasteiger partial charge is 0.267 e. The lowest BCUT2D eigenvalue weighted by molar-refractivity contribution is -0.131. The Bertz CT molecular complexity index is 814. The molecule has 0 spiro atoms. The molecule has 1 N–H and O–H groups in total. The summed E-state index contributed by atoms with van der Waals surface area (Å²) in [5.41, 5.74) is 1.02. The van der Waals surface area contributed by atoms with Gasteiger partial charge in [0.25, 0.3) is 5.17 Å². The molecule has 2 aromatic carbocycles. The summed E-state index contributed by atoms with van der Waals surface area (Å²) in [5.74, 6) is -0.112. The zero-order valence-corrected chi connectivity index (χ0v) is 18.8. The highest BCUT2D eigenvalue weighted by Gasteiger charge is 2.57. The predicted octanol–water partition coefficient (Wildman–Crippen LogP) is 5.04. The molecule has 3 rings (SSSR count). The summed E-state index contributed by atoms with van der Waals surface area (Å²) in [4.78, 5) is 14.9. The Hall–Kier alpha value is -2.24. The Kier molecular flexibility index (Phi) is 7.27. The minimum Gasteiger partial charge on any atom is -0.452 e. The number of hydrogen-bond acceptors (Lipinski definition) is 4. The van der Waals surface area contributed by atoms with Crippen molar-refractivity contribution in [1.29, 1.82) is 0 Å². The number of rotatable bonds is 8. The van der Waals surface area contributed by atoms with E-state index in [1.54, 1.807) is 4.90 Å². The Morgan fingerprint density at radius 1 is 1.10 bits per heavy atom. The van der Waals surface area contributed by atoms with Crippen LogP contribution in [0, 0.1) is 5.92 Å². The van der Waals surface area contributed by atoms with Gasteiger partial charge in [-0.25, -0.2) is 0 Å². The van der Waals surface area contributed by atoms with E-state index >= 15 is 0 Å². The zero-order chi connectivity index (χ0) is 21.7. The van der Waals surface area contributed by atoms with Crippen molar-refractivity contribution in [3.05, 3.63) is 71.8 Å². The Labute approximate surface area is 184 Å². The number of unbranched alkanes of at least 4 members (excludes halogenated alkanes) is 1. The third-order valence-electron chi connectivity index (χ3n) is 5.75. The first-order valence-electron chi connectivity index (χ1n) is 10.8. The first-order chi connectivity index (χ1) is 14.4. The van der Waals surface area contributed by atoms with E-state index in [-0.39, 0.29) is 29.5 Å². The molecule has 2 aromatic rings.